The van der Waals surface area contributed by atoms with Crippen LogP contribution in [0.1, 0.15) is 65.2 Å². The van der Waals surface area contributed by atoms with Gasteiger partial charge in [0.05, 0.1) is 0 Å². The predicted octanol–water partition coefficient (Wildman–Crippen LogP) is 4.95. The molecule has 1 atom stereocenters. The molecule has 0 fully saturated rings. The fourth-order valence-electron chi connectivity index (χ4n) is 1.54. The van der Waals surface area contributed by atoms with Crippen molar-refractivity contribution in [3.8, 4) is 0 Å². The van der Waals surface area contributed by atoms with Gasteiger partial charge in [0, 0.05) is 19.5 Å². The summed E-state index contributed by atoms with van der Waals surface area (Å²) in [6.45, 7) is 8.32. The first-order valence-corrected chi connectivity index (χ1v) is 5.93. The second kappa shape index (κ2) is 13.4. The monoisotopic (exact) mass is 284 g/mol. The quantitative estimate of drug-likeness (QED) is 0.319. The zero-order valence-electron chi connectivity index (χ0n) is 9.87. The van der Waals surface area contributed by atoms with Crippen LogP contribution in [-0.4, -0.2) is 0 Å². The summed E-state index contributed by atoms with van der Waals surface area (Å²) in [5.41, 5.74) is 0. The molecule has 0 amide bonds. The van der Waals surface area contributed by atoms with Crippen LogP contribution in [0, 0.1) is 5.92 Å². The van der Waals surface area contributed by atoms with Crippen LogP contribution in [0.3, 0.4) is 0 Å². The molecular formula is C13H26Ru. The van der Waals surface area contributed by atoms with Gasteiger partial charge in [-0.05, 0) is 12.3 Å². The topological polar surface area (TPSA) is 0 Å². The van der Waals surface area contributed by atoms with E-state index in [1.807, 2.05) is 0 Å². The molecule has 0 saturated heterocycles. The van der Waals surface area contributed by atoms with Crippen LogP contribution in [-0.2, 0) is 19.5 Å². The molecule has 86 valence electrons. The Bertz CT molecular complexity index is 110. The van der Waals surface area contributed by atoms with E-state index in [1.165, 1.54) is 51.4 Å². The van der Waals surface area contributed by atoms with Gasteiger partial charge in [-0.3, -0.25) is 0 Å². The van der Waals surface area contributed by atoms with E-state index in [-0.39, 0.29) is 19.5 Å². The molecule has 0 aromatic heterocycles. The van der Waals surface area contributed by atoms with Crippen LogP contribution in [0.2, 0.25) is 0 Å². The van der Waals surface area contributed by atoms with Gasteiger partial charge in [0.1, 0.15) is 0 Å². The van der Waals surface area contributed by atoms with Gasteiger partial charge in [0.25, 0.3) is 0 Å². The molecular weight excluding hydrogens is 257 g/mol. The summed E-state index contributed by atoms with van der Waals surface area (Å²) in [4.78, 5) is 0. The standard InChI is InChI=1S/C13H26.Ru/c1-4-6-7-8-9-10-11-12-13(3)5-2;/h5,13H,2,4,6-12H2,1,3H3;. The van der Waals surface area contributed by atoms with Gasteiger partial charge in [-0.2, -0.15) is 0 Å². The van der Waals surface area contributed by atoms with E-state index >= 15 is 0 Å². The molecule has 1 heteroatoms. The van der Waals surface area contributed by atoms with Gasteiger partial charge >= 0.3 is 0 Å². The maximum Gasteiger partial charge on any atom is 0 e. The van der Waals surface area contributed by atoms with E-state index < -0.39 is 0 Å². The smallest absolute Gasteiger partial charge is 0 e. The number of unbranched alkanes of at least 4 members (excludes halogenated alkanes) is 6. The van der Waals surface area contributed by atoms with Gasteiger partial charge in [-0.15, -0.1) is 6.58 Å². The fourth-order valence-corrected chi connectivity index (χ4v) is 1.54. The molecule has 0 aromatic carbocycles. The van der Waals surface area contributed by atoms with Crippen LogP contribution in [0.5, 0.6) is 0 Å². The Kier molecular flexibility index (Phi) is 16.0. The van der Waals surface area contributed by atoms with E-state index in [9.17, 15) is 0 Å². The van der Waals surface area contributed by atoms with Crippen molar-refractivity contribution in [2.24, 2.45) is 5.92 Å². The first-order chi connectivity index (χ1) is 6.31. The molecule has 1 unspecified atom stereocenters. The minimum absolute atomic E-state index is 0. The molecule has 0 aliphatic carbocycles. The van der Waals surface area contributed by atoms with Crippen molar-refractivity contribution >= 4 is 0 Å². The average Bonchev–Trinajstić information content (AvgIpc) is 2.16. The normalized spacial score (nSPS) is 11.9. The maximum atomic E-state index is 3.80. The summed E-state index contributed by atoms with van der Waals surface area (Å²) in [5.74, 6) is 0.718. The van der Waals surface area contributed by atoms with Crippen molar-refractivity contribution in [1.29, 1.82) is 0 Å². The summed E-state index contributed by atoms with van der Waals surface area (Å²) in [6.07, 6.45) is 13.3. The van der Waals surface area contributed by atoms with E-state index in [2.05, 4.69) is 26.5 Å². The van der Waals surface area contributed by atoms with E-state index in [0.717, 1.165) is 5.92 Å². The largest absolute Gasteiger partial charge is 0.103 e. The molecule has 0 aliphatic heterocycles. The molecule has 0 N–H and O–H groups in total. The van der Waals surface area contributed by atoms with E-state index in [0.29, 0.717) is 0 Å². The van der Waals surface area contributed by atoms with Gasteiger partial charge in [-0.1, -0.05) is 64.9 Å². The molecule has 14 heavy (non-hydrogen) atoms. The predicted molar refractivity (Wildman–Crippen MR) is 62.0 cm³/mol. The SMILES string of the molecule is C=CC(C)CCCCCCCCC.[Ru]. The summed E-state index contributed by atoms with van der Waals surface area (Å²) in [7, 11) is 0. The summed E-state index contributed by atoms with van der Waals surface area (Å²) in [5, 5.41) is 0. The van der Waals surface area contributed by atoms with Gasteiger partial charge < -0.3 is 0 Å². The number of hydrogen-bond donors (Lipinski definition) is 0. The molecule has 0 nitrogen and oxygen atoms in total. The number of hydrogen-bond acceptors (Lipinski definition) is 0. The van der Waals surface area contributed by atoms with Crippen molar-refractivity contribution in [1.82, 2.24) is 0 Å². The third-order valence-corrected chi connectivity index (χ3v) is 2.67. The Hall–Kier alpha value is 0.363. The summed E-state index contributed by atoms with van der Waals surface area (Å²) >= 11 is 0. The van der Waals surface area contributed by atoms with Crippen molar-refractivity contribution in [2.75, 3.05) is 0 Å². The minimum atomic E-state index is 0. The second-order valence-electron chi connectivity index (χ2n) is 4.12. The Morgan fingerprint density at radius 2 is 1.50 bits per heavy atom. The molecule has 0 aromatic rings. The van der Waals surface area contributed by atoms with Crippen LogP contribution in [0.25, 0.3) is 0 Å². The number of allylic oxidation sites excluding steroid dienone is 1. The maximum absolute atomic E-state index is 3.80. The van der Waals surface area contributed by atoms with Crippen molar-refractivity contribution < 1.29 is 19.5 Å². The molecule has 0 spiro atoms. The van der Waals surface area contributed by atoms with Crippen LogP contribution in [0.15, 0.2) is 12.7 Å². The molecule has 0 radical (unpaired) electrons. The van der Waals surface area contributed by atoms with Crippen LogP contribution in [0.4, 0.5) is 0 Å². The minimum Gasteiger partial charge on any atom is -0.103 e. The molecule has 0 heterocycles. The van der Waals surface area contributed by atoms with Crippen molar-refractivity contribution in [3.05, 3.63) is 12.7 Å². The van der Waals surface area contributed by atoms with Gasteiger partial charge in [0.2, 0.25) is 0 Å². The molecule has 0 bridgehead atoms. The Labute approximate surface area is 103 Å². The average molecular weight is 283 g/mol. The van der Waals surface area contributed by atoms with Crippen molar-refractivity contribution in [3.63, 3.8) is 0 Å². The van der Waals surface area contributed by atoms with Gasteiger partial charge in [-0.25, -0.2) is 0 Å². The fraction of sp³-hybridized carbons (Fsp3) is 0.846. The first kappa shape index (κ1) is 16.8. The molecule has 0 rings (SSSR count). The Morgan fingerprint density at radius 3 is 2.00 bits per heavy atom. The summed E-state index contributed by atoms with van der Waals surface area (Å²) in [6, 6.07) is 0. The van der Waals surface area contributed by atoms with Crippen LogP contribution >= 0.6 is 0 Å². The van der Waals surface area contributed by atoms with E-state index in [1.54, 1.807) is 0 Å². The third-order valence-electron chi connectivity index (χ3n) is 2.67. The summed E-state index contributed by atoms with van der Waals surface area (Å²) < 4.78 is 0. The Balaban J connectivity index is 0. The molecule has 0 aliphatic rings. The third kappa shape index (κ3) is 12.4. The van der Waals surface area contributed by atoms with Crippen molar-refractivity contribution in [2.45, 2.75) is 65.2 Å². The Morgan fingerprint density at radius 1 is 1.00 bits per heavy atom. The zero-order chi connectivity index (χ0) is 9.94. The van der Waals surface area contributed by atoms with Gasteiger partial charge in [0.15, 0.2) is 0 Å². The van der Waals surface area contributed by atoms with E-state index in [4.69, 9.17) is 0 Å². The molecule has 0 saturated carbocycles. The number of rotatable bonds is 9. The van der Waals surface area contributed by atoms with Crippen LogP contribution < -0.4 is 0 Å². The first-order valence-electron chi connectivity index (χ1n) is 5.93. The second-order valence-corrected chi connectivity index (χ2v) is 4.12. The zero-order valence-corrected chi connectivity index (χ0v) is 11.6.